The largest absolute Gasteiger partial charge is 0.445 e. The summed E-state index contributed by atoms with van der Waals surface area (Å²) in [5.41, 5.74) is 5.37. The fourth-order valence-corrected chi connectivity index (χ4v) is 1.31. The van der Waals surface area contributed by atoms with Gasteiger partial charge in [-0.2, -0.15) is 0 Å². The van der Waals surface area contributed by atoms with Gasteiger partial charge < -0.3 is 10.2 Å². The zero-order valence-electron chi connectivity index (χ0n) is 9.17. The van der Waals surface area contributed by atoms with Gasteiger partial charge in [-0.25, -0.2) is 4.39 Å². The third kappa shape index (κ3) is 2.23. The molecule has 0 saturated heterocycles. The quantitative estimate of drug-likeness (QED) is 0.689. The van der Waals surface area contributed by atoms with E-state index < -0.39 is 5.54 Å². The summed E-state index contributed by atoms with van der Waals surface area (Å²) in [4.78, 5) is 0. The number of furan rings is 1. The first-order chi connectivity index (χ1) is 7.46. The van der Waals surface area contributed by atoms with Gasteiger partial charge >= 0.3 is 0 Å². The molecule has 0 aliphatic rings. The first kappa shape index (κ1) is 10.7. The molecule has 0 spiro atoms. The molecule has 0 aliphatic heterocycles. The van der Waals surface area contributed by atoms with E-state index in [-0.39, 0.29) is 11.4 Å². The summed E-state index contributed by atoms with van der Waals surface area (Å²) in [6.45, 7) is 3.59. The van der Waals surface area contributed by atoms with Gasteiger partial charge in [-0.3, -0.25) is 0 Å². The van der Waals surface area contributed by atoms with E-state index in [4.69, 9.17) is 10.2 Å². The van der Waals surface area contributed by atoms with E-state index in [9.17, 15) is 4.39 Å². The second-order valence-corrected chi connectivity index (χ2v) is 4.24. The van der Waals surface area contributed by atoms with Crippen LogP contribution in [0, 0.1) is 17.7 Å². The standard InChI is InChI=1S/C13H12FNO/c1-13(2,15)7-6-10-8-9-4-3-5-11(14)12(9)16-10/h3-5,8H,15H2,1-2H3. The summed E-state index contributed by atoms with van der Waals surface area (Å²) >= 11 is 0. The van der Waals surface area contributed by atoms with Gasteiger partial charge in [0.05, 0.1) is 5.54 Å². The van der Waals surface area contributed by atoms with E-state index in [2.05, 4.69) is 11.8 Å². The molecule has 0 aliphatic carbocycles. The van der Waals surface area contributed by atoms with Crippen molar-refractivity contribution in [1.82, 2.24) is 0 Å². The molecule has 1 aromatic heterocycles. The van der Waals surface area contributed by atoms with Crippen LogP contribution in [0.3, 0.4) is 0 Å². The van der Waals surface area contributed by atoms with Crippen LogP contribution in [-0.2, 0) is 0 Å². The normalized spacial score (nSPS) is 11.2. The van der Waals surface area contributed by atoms with Crippen LogP contribution in [0.15, 0.2) is 28.7 Å². The highest BCUT2D eigenvalue weighted by atomic mass is 19.1. The summed E-state index contributed by atoms with van der Waals surface area (Å²) < 4.78 is 18.6. The first-order valence-electron chi connectivity index (χ1n) is 4.96. The van der Waals surface area contributed by atoms with Gasteiger partial charge in [0.2, 0.25) is 0 Å². The molecule has 0 atom stereocenters. The number of rotatable bonds is 0. The van der Waals surface area contributed by atoms with Crippen molar-refractivity contribution < 1.29 is 8.81 Å². The van der Waals surface area contributed by atoms with Gasteiger partial charge in [0.25, 0.3) is 0 Å². The van der Waals surface area contributed by atoms with Crippen LogP contribution in [0.2, 0.25) is 0 Å². The molecule has 1 heterocycles. The summed E-state index contributed by atoms with van der Waals surface area (Å²) in [6.07, 6.45) is 0. The van der Waals surface area contributed by atoms with Gasteiger partial charge in [0.1, 0.15) is 0 Å². The van der Waals surface area contributed by atoms with E-state index in [1.54, 1.807) is 32.0 Å². The third-order valence-electron chi connectivity index (χ3n) is 2.00. The SMILES string of the molecule is CC(C)(N)C#Cc1cc2cccc(F)c2o1. The molecular formula is C13H12FNO. The van der Waals surface area contributed by atoms with E-state index in [0.717, 1.165) is 0 Å². The van der Waals surface area contributed by atoms with Crippen LogP contribution in [0.25, 0.3) is 11.0 Å². The predicted molar refractivity (Wildman–Crippen MR) is 61.3 cm³/mol. The molecule has 0 radical (unpaired) electrons. The van der Waals surface area contributed by atoms with Crippen LogP contribution in [-0.4, -0.2) is 5.54 Å². The molecule has 0 bridgehead atoms. The van der Waals surface area contributed by atoms with Crippen LogP contribution in [0.5, 0.6) is 0 Å². The number of para-hydroxylation sites is 1. The number of nitrogens with two attached hydrogens (primary N) is 1. The van der Waals surface area contributed by atoms with Gasteiger partial charge in [-0.1, -0.05) is 18.1 Å². The first-order valence-corrected chi connectivity index (χ1v) is 4.96. The van der Waals surface area contributed by atoms with Gasteiger partial charge in [0, 0.05) is 11.5 Å². The topological polar surface area (TPSA) is 39.2 Å². The van der Waals surface area contributed by atoms with Crippen molar-refractivity contribution in [3.05, 3.63) is 35.8 Å². The monoisotopic (exact) mass is 217 g/mol. The number of halogens is 1. The van der Waals surface area contributed by atoms with Crippen molar-refractivity contribution in [2.45, 2.75) is 19.4 Å². The minimum atomic E-state index is -0.586. The van der Waals surface area contributed by atoms with Crippen molar-refractivity contribution in [3.63, 3.8) is 0 Å². The van der Waals surface area contributed by atoms with Crippen LogP contribution < -0.4 is 5.73 Å². The Balaban J connectivity index is 2.47. The van der Waals surface area contributed by atoms with E-state index in [0.29, 0.717) is 11.1 Å². The lowest BCUT2D eigenvalue weighted by atomic mass is 10.1. The van der Waals surface area contributed by atoms with Crippen LogP contribution >= 0.6 is 0 Å². The number of fused-ring (bicyclic) bond motifs is 1. The summed E-state index contributed by atoms with van der Waals surface area (Å²) in [6, 6.07) is 6.48. The Hall–Kier alpha value is -1.79. The molecule has 2 nitrogen and oxygen atoms in total. The smallest absolute Gasteiger partial charge is 0.178 e. The highest BCUT2D eigenvalue weighted by molar-refractivity contribution is 5.79. The minimum Gasteiger partial charge on any atom is -0.445 e. The van der Waals surface area contributed by atoms with Crippen molar-refractivity contribution in [2.24, 2.45) is 5.73 Å². The molecule has 0 fully saturated rings. The summed E-state index contributed by atoms with van der Waals surface area (Å²) in [7, 11) is 0. The molecular weight excluding hydrogens is 205 g/mol. The minimum absolute atomic E-state index is 0.238. The molecule has 2 rings (SSSR count). The molecule has 2 N–H and O–H groups in total. The average molecular weight is 217 g/mol. The summed E-state index contributed by atoms with van der Waals surface area (Å²) in [5, 5.41) is 0.708. The molecule has 0 unspecified atom stereocenters. The average Bonchev–Trinajstić information content (AvgIpc) is 2.58. The van der Waals surface area contributed by atoms with Crippen LogP contribution in [0.1, 0.15) is 19.6 Å². The highest BCUT2D eigenvalue weighted by Gasteiger charge is 2.07. The fraction of sp³-hybridized carbons (Fsp3) is 0.231. The number of hydrogen-bond acceptors (Lipinski definition) is 2. The Morgan fingerprint density at radius 2 is 2.12 bits per heavy atom. The van der Waals surface area contributed by atoms with Crippen molar-refractivity contribution in [3.8, 4) is 11.8 Å². The van der Waals surface area contributed by atoms with Gasteiger partial charge in [-0.05, 0) is 25.8 Å². The fourth-order valence-electron chi connectivity index (χ4n) is 1.31. The second kappa shape index (κ2) is 3.66. The predicted octanol–water partition coefficient (Wildman–Crippen LogP) is 2.66. The lowest BCUT2D eigenvalue weighted by Gasteiger charge is -2.06. The van der Waals surface area contributed by atoms with Gasteiger partial charge in [0.15, 0.2) is 17.2 Å². The van der Waals surface area contributed by atoms with E-state index in [1.807, 2.05) is 0 Å². The Morgan fingerprint density at radius 1 is 1.38 bits per heavy atom. The maximum absolute atomic E-state index is 13.3. The zero-order valence-corrected chi connectivity index (χ0v) is 9.17. The second-order valence-electron chi connectivity index (χ2n) is 4.24. The zero-order chi connectivity index (χ0) is 11.8. The molecule has 2 aromatic rings. The molecule has 0 amide bonds. The molecule has 3 heteroatoms. The van der Waals surface area contributed by atoms with Crippen molar-refractivity contribution in [1.29, 1.82) is 0 Å². The highest BCUT2D eigenvalue weighted by Crippen LogP contribution is 2.21. The molecule has 82 valence electrons. The number of hydrogen-bond donors (Lipinski definition) is 1. The third-order valence-corrected chi connectivity index (χ3v) is 2.00. The molecule has 0 saturated carbocycles. The maximum atomic E-state index is 13.3. The van der Waals surface area contributed by atoms with Crippen molar-refractivity contribution in [2.75, 3.05) is 0 Å². The Bertz CT molecular complexity index is 581. The van der Waals surface area contributed by atoms with Crippen LogP contribution in [0.4, 0.5) is 4.39 Å². The molecule has 1 aromatic carbocycles. The van der Waals surface area contributed by atoms with E-state index in [1.165, 1.54) is 6.07 Å². The lowest BCUT2D eigenvalue weighted by Crippen LogP contribution is -2.29. The summed E-state index contributed by atoms with van der Waals surface area (Å²) in [5.74, 6) is 5.68. The Labute approximate surface area is 93.2 Å². The lowest BCUT2D eigenvalue weighted by molar-refractivity contribution is 0.552. The van der Waals surface area contributed by atoms with Crippen molar-refractivity contribution >= 4 is 11.0 Å². The van der Waals surface area contributed by atoms with E-state index >= 15 is 0 Å². The van der Waals surface area contributed by atoms with Gasteiger partial charge in [-0.15, -0.1) is 0 Å². The Kier molecular flexibility index (Phi) is 2.45. The Morgan fingerprint density at radius 3 is 2.75 bits per heavy atom. The number of benzene rings is 1. The maximum Gasteiger partial charge on any atom is 0.178 e. The molecule has 16 heavy (non-hydrogen) atoms.